The molecule has 17 heavy (non-hydrogen) atoms. The largest absolute Gasteiger partial charge is 0.368 e. The number of rotatable bonds is 2. The van der Waals surface area contributed by atoms with Gasteiger partial charge in [0, 0.05) is 41.9 Å². The maximum atomic E-state index is 5.84. The Morgan fingerprint density at radius 3 is 2.53 bits per heavy atom. The van der Waals surface area contributed by atoms with E-state index in [2.05, 4.69) is 64.0 Å². The molecule has 1 aliphatic heterocycles. The fraction of sp³-hybridized carbons (Fsp3) is 0.538. The number of nitrogens with two attached hydrogens (primary N) is 1. The highest BCUT2D eigenvalue weighted by Crippen LogP contribution is 2.23. The van der Waals surface area contributed by atoms with Crippen molar-refractivity contribution in [3.05, 3.63) is 28.7 Å². The Kier molecular flexibility index (Phi) is 4.07. The van der Waals surface area contributed by atoms with Crippen LogP contribution >= 0.6 is 15.9 Å². The molecule has 1 aromatic rings. The van der Waals surface area contributed by atoms with Gasteiger partial charge in [0.1, 0.15) is 0 Å². The smallest absolute Gasteiger partial charge is 0.0394 e. The maximum absolute atomic E-state index is 5.84. The lowest BCUT2D eigenvalue weighted by atomic mass is 10.1. The third-order valence-electron chi connectivity index (χ3n) is 3.65. The van der Waals surface area contributed by atoms with Crippen LogP contribution in [0.5, 0.6) is 0 Å². The summed E-state index contributed by atoms with van der Waals surface area (Å²) in [7, 11) is 2.17. The first-order valence-corrected chi connectivity index (χ1v) is 6.83. The lowest BCUT2D eigenvalue weighted by molar-refractivity contribution is 0.162. The Labute approximate surface area is 112 Å². The summed E-state index contributed by atoms with van der Waals surface area (Å²) in [5.41, 5.74) is 7.13. The van der Waals surface area contributed by atoms with Crippen molar-refractivity contribution in [3.63, 3.8) is 0 Å². The van der Waals surface area contributed by atoms with Crippen LogP contribution in [0.2, 0.25) is 0 Å². The zero-order valence-corrected chi connectivity index (χ0v) is 12.0. The average molecular weight is 298 g/mol. The van der Waals surface area contributed by atoms with Crippen LogP contribution in [0.15, 0.2) is 28.7 Å². The van der Waals surface area contributed by atoms with Crippen LogP contribution in [-0.4, -0.2) is 43.7 Å². The van der Waals surface area contributed by atoms with E-state index in [4.69, 9.17) is 5.73 Å². The molecule has 4 heteroatoms. The quantitative estimate of drug-likeness (QED) is 0.905. The summed E-state index contributed by atoms with van der Waals surface area (Å²) in [5.74, 6) is 0. The van der Waals surface area contributed by atoms with Crippen LogP contribution in [0.3, 0.4) is 0 Å². The molecule has 2 rings (SSSR count). The molecule has 2 atom stereocenters. The minimum absolute atomic E-state index is 0.447. The van der Waals surface area contributed by atoms with Crippen molar-refractivity contribution < 1.29 is 0 Å². The van der Waals surface area contributed by atoms with E-state index in [0.717, 1.165) is 17.6 Å². The molecule has 0 spiro atoms. The third-order valence-corrected chi connectivity index (χ3v) is 4.18. The van der Waals surface area contributed by atoms with E-state index in [1.165, 1.54) is 5.69 Å². The molecule has 3 nitrogen and oxygen atoms in total. The molecule has 1 fully saturated rings. The van der Waals surface area contributed by atoms with Crippen LogP contribution in [0.25, 0.3) is 0 Å². The predicted molar refractivity (Wildman–Crippen MR) is 76.4 cm³/mol. The Bertz CT molecular complexity index is 365. The molecule has 0 saturated carbocycles. The maximum Gasteiger partial charge on any atom is 0.0394 e. The summed E-state index contributed by atoms with van der Waals surface area (Å²) in [6.07, 6.45) is 0. The SMILES string of the molecule is CC1CN(c2ccc(Br)cc2)CC(CN)N1C. The summed E-state index contributed by atoms with van der Waals surface area (Å²) in [4.78, 5) is 4.81. The van der Waals surface area contributed by atoms with Crippen LogP contribution in [0, 0.1) is 0 Å². The van der Waals surface area contributed by atoms with Gasteiger partial charge in [-0.2, -0.15) is 0 Å². The molecule has 0 amide bonds. The fourth-order valence-electron chi connectivity index (χ4n) is 2.37. The van der Waals surface area contributed by atoms with Gasteiger partial charge >= 0.3 is 0 Å². The summed E-state index contributed by atoms with van der Waals surface area (Å²) in [6, 6.07) is 9.50. The van der Waals surface area contributed by atoms with Crippen molar-refractivity contribution in [1.29, 1.82) is 0 Å². The van der Waals surface area contributed by atoms with Gasteiger partial charge in [-0.15, -0.1) is 0 Å². The van der Waals surface area contributed by atoms with Gasteiger partial charge in [0.2, 0.25) is 0 Å². The van der Waals surface area contributed by atoms with Gasteiger partial charge in [0.05, 0.1) is 0 Å². The first-order chi connectivity index (χ1) is 8.11. The zero-order chi connectivity index (χ0) is 12.4. The minimum atomic E-state index is 0.447. The van der Waals surface area contributed by atoms with E-state index < -0.39 is 0 Å². The number of piperazine rings is 1. The van der Waals surface area contributed by atoms with E-state index in [9.17, 15) is 0 Å². The van der Waals surface area contributed by atoms with Crippen molar-refractivity contribution in [2.75, 3.05) is 31.6 Å². The van der Waals surface area contributed by atoms with Crippen molar-refractivity contribution in [2.24, 2.45) is 5.73 Å². The fourth-order valence-corrected chi connectivity index (χ4v) is 2.63. The summed E-state index contributed by atoms with van der Waals surface area (Å²) in [6.45, 7) is 5.05. The number of nitrogens with zero attached hydrogens (tertiary/aromatic N) is 2. The topological polar surface area (TPSA) is 32.5 Å². The number of halogens is 1. The number of hydrogen-bond acceptors (Lipinski definition) is 3. The van der Waals surface area contributed by atoms with E-state index in [0.29, 0.717) is 18.6 Å². The second-order valence-electron chi connectivity index (χ2n) is 4.79. The second-order valence-corrected chi connectivity index (χ2v) is 5.70. The van der Waals surface area contributed by atoms with Gasteiger partial charge in [-0.1, -0.05) is 15.9 Å². The summed E-state index contributed by atoms with van der Waals surface area (Å²) in [5, 5.41) is 0. The van der Waals surface area contributed by atoms with Gasteiger partial charge in [0.25, 0.3) is 0 Å². The molecule has 0 bridgehead atoms. The van der Waals surface area contributed by atoms with Crippen LogP contribution in [0.4, 0.5) is 5.69 Å². The Morgan fingerprint density at radius 2 is 1.94 bits per heavy atom. The first kappa shape index (κ1) is 12.9. The van der Waals surface area contributed by atoms with Crippen molar-refractivity contribution in [2.45, 2.75) is 19.0 Å². The predicted octanol–water partition coefficient (Wildman–Crippen LogP) is 1.92. The Balaban J connectivity index is 2.14. The van der Waals surface area contributed by atoms with Crippen molar-refractivity contribution >= 4 is 21.6 Å². The third kappa shape index (κ3) is 2.81. The van der Waals surface area contributed by atoms with Crippen LogP contribution in [0.1, 0.15) is 6.92 Å². The molecule has 0 aliphatic carbocycles. The molecule has 2 unspecified atom stereocenters. The van der Waals surface area contributed by atoms with Crippen LogP contribution in [-0.2, 0) is 0 Å². The normalized spacial score (nSPS) is 26.2. The van der Waals surface area contributed by atoms with E-state index >= 15 is 0 Å². The molecule has 2 N–H and O–H groups in total. The second kappa shape index (κ2) is 5.38. The van der Waals surface area contributed by atoms with Gasteiger partial charge < -0.3 is 10.6 Å². The molecule has 1 heterocycles. The average Bonchev–Trinajstić information content (AvgIpc) is 2.33. The van der Waals surface area contributed by atoms with Gasteiger partial charge in [-0.05, 0) is 38.2 Å². The number of hydrogen-bond donors (Lipinski definition) is 1. The monoisotopic (exact) mass is 297 g/mol. The molecule has 1 saturated heterocycles. The highest BCUT2D eigenvalue weighted by molar-refractivity contribution is 9.10. The standard InChI is InChI=1S/C13H20BrN3/c1-10-8-17(9-13(7-15)16(10)2)12-5-3-11(14)4-6-12/h3-6,10,13H,7-9,15H2,1-2H3. The van der Waals surface area contributed by atoms with Gasteiger partial charge in [-0.3, -0.25) is 4.90 Å². The van der Waals surface area contributed by atoms with E-state index in [-0.39, 0.29) is 0 Å². The molecule has 1 aromatic carbocycles. The lowest BCUT2D eigenvalue weighted by Gasteiger charge is -2.44. The van der Waals surface area contributed by atoms with Gasteiger partial charge in [-0.25, -0.2) is 0 Å². The number of benzene rings is 1. The number of likely N-dealkylation sites (N-methyl/N-ethyl adjacent to an activating group) is 1. The molecular formula is C13H20BrN3. The Morgan fingerprint density at radius 1 is 1.29 bits per heavy atom. The highest BCUT2D eigenvalue weighted by Gasteiger charge is 2.28. The van der Waals surface area contributed by atoms with Crippen molar-refractivity contribution in [3.8, 4) is 0 Å². The summed E-state index contributed by atoms with van der Waals surface area (Å²) < 4.78 is 1.12. The summed E-state index contributed by atoms with van der Waals surface area (Å²) >= 11 is 3.47. The van der Waals surface area contributed by atoms with E-state index in [1.54, 1.807) is 0 Å². The molecular weight excluding hydrogens is 278 g/mol. The molecule has 0 radical (unpaired) electrons. The van der Waals surface area contributed by atoms with Gasteiger partial charge in [0.15, 0.2) is 0 Å². The van der Waals surface area contributed by atoms with E-state index in [1.807, 2.05) is 0 Å². The number of anilines is 1. The van der Waals surface area contributed by atoms with Crippen LogP contribution < -0.4 is 10.6 Å². The van der Waals surface area contributed by atoms with Crippen molar-refractivity contribution in [1.82, 2.24) is 4.90 Å². The zero-order valence-electron chi connectivity index (χ0n) is 10.4. The molecule has 1 aliphatic rings. The minimum Gasteiger partial charge on any atom is -0.368 e. The molecule has 94 valence electrons. The molecule has 0 aromatic heterocycles. The first-order valence-electron chi connectivity index (χ1n) is 6.04. The highest BCUT2D eigenvalue weighted by atomic mass is 79.9. The Hall–Kier alpha value is -0.580. The lowest BCUT2D eigenvalue weighted by Crippen LogP contribution is -2.58.